The molecule has 13 heavy (non-hydrogen) atoms. The standard InChI is InChI=1S/C13H22/c1-11-7-4-5-9-13(11)10-6-8-12(13,2)3/h7H,4-6,8-10H2,1-3H3. The summed E-state index contributed by atoms with van der Waals surface area (Å²) in [6.45, 7) is 7.32. The fraction of sp³-hybridized carbons (Fsp3) is 0.846. The van der Waals surface area contributed by atoms with Crippen molar-refractivity contribution in [2.45, 2.75) is 59.3 Å². The third-order valence-electron chi connectivity index (χ3n) is 4.71. The maximum absolute atomic E-state index is 2.50. The minimum absolute atomic E-state index is 0.563. The monoisotopic (exact) mass is 178 g/mol. The van der Waals surface area contributed by atoms with Crippen molar-refractivity contribution in [1.29, 1.82) is 0 Å². The second-order valence-electron chi connectivity index (χ2n) is 5.60. The van der Waals surface area contributed by atoms with Crippen molar-refractivity contribution in [1.82, 2.24) is 0 Å². The molecule has 0 saturated heterocycles. The predicted molar refractivity (Wildman–Crippen MR) is 57.7 cm³/mol. The van der Waals surface area contributed by atoms with Gasteiger partial charge in [-0.3, -0.25) is 0 Å². The summed E-state index contributed by atoms with van der Waals surface area (Å²) in [6.07, 6.45) is 11.0. The number of allylic oxidation sites excluding steroid dienone is 2. The van der Waals surface area contributed by atoms with Gasteiger partial charge in [0.15, 0.2) is 0 Å². The van der Waals surface area contributed by atoms with Crippen LogP contribution in [0.2, 0.25) is 0 Å². The second kappa shape index (κ2) is 2.87. The van der Waals surface area contributed by atoms with Crippen molar-refractivity contribution in [2.24, 2.45) is 10.8 Å². The quantitative estimate of drug-likeness (QED) is 0.485. The maximum atomic E-state index is 2.50. The van der Waals surface area contributed by atoms with Crippen molar-refractivity contribution < 1.29 is 0 Å². The first-order valence-electron chi connectivity index (χ1n) is 5.76. The molecule has 0 aliphatic heterocycles. The van der Waals surface area contributed by atoms with Crippen molar-refractivity contribution in [3.8, 4) is 0 Å². The Balaban J connectivity index is 2.37. The summed E-state index contributed by atoms with van der Waals surface area (Å²) in [4.78, 5) is 0. The van der Waals surface area contributed by atoms with Crippen LogP contribution in [0.15, 0.2) is 11.6 Å². The molecule has 74 valence electrons. The molecule has 0 aromatic heterocycles. The Labute approximate surface area is 82.4 Å². The van der Waals surface area contributed by atoms with Gasteiger partial charge < -0.3 is 0 Å². The summed E-state index contributed by atoms with van der Waals surface area (Å²) in [7, 11) is 0. The third-order valence-corrected chi connectivity index (χ3v) is 4.71. The second-order valence-corrected chi connectivity index (χ2v) is 5.60. The zero-order chi connectivity index (χ0) is 9.53. The third kappa shape index (κ3) is 1.18. The van der Waals surface area contributed by atoms with Gasteiger partial charge in [0.1, 0.15) is 0 Å². The van der Waals surface area contributed by atoms with E-state index in [9.17, 15) is 0 Å². The summed E-state index contributed by atoms with van der Waals surface area (Å²) in [5.74, 6) is 0. The van der Waals surface area contributed by atoms with Gasteiger partial charge in [0.05, 0.1) is 0 Å². The van der Waals surface area contributed by atoms with E-state index in [2.05, 4.69) is 26.8 Å². The molecule has 2 rings (SSSR count). The Bertz CT molecular complexity index is 234. The molecule has 0 nitrogen and oxygen atoms in total. The van der Waals surface area contributed by atoms with Crippen LogP contribution in [-0.2, 0) is 0 Å². The van der Waals surface area contributed by atoms with Gasteiger partial charge >= 0.3 is 0 Å². The first kappa shape index (κ1) is 9.30. The fourth-order valence-corrected chi connectivity index (χ4v) is 3.72. The van der Waals surface area contributed by atoms with Gasteiger partial charge in [0.2, 0.25) is 0 Å². The largest absolute Gasteiger partial charge is 0.0850 e. The molecular formula is C13H22. The van der Waals surface area contributed by atoms with Crippen molar-refractivity contribution in [2.75, 3.05) is 0 Å². The zero-order valence-corrected chi connectivity index (χ0v) is 9.32. The van der Waals surface area contributed by atoms with Crippen LogP contribution in [0.25, 0.3) is 0 Å². The van der Waals surface area contributed by atoms with Crippen LogP contribution in [0.3, 0.4) is 0 Å². The van der Waals surface area contributed by atoms with E-state index in [1.165, 1.54) is 38.5 Å². The van der Waals surface area contributed by atoms with Crippen LogP contribution in [0.4, 0.5) is 0 Å². The lowest BCUT2D eigenvalue weighted by molar-refractivity contribution is 0.130. The lowest BCUT2D eigenvalue weighted by Crippen LogP contribution is -2.35. The lowest BCUT2D eigenvalue weighted by atomic mass is 9.60. The Morgan fingerprint density at radius 3 is 2.31 bits per heavy atom. The van der Waals surface area contributed by atoms with Gasteiger partial charge in [0, 0.05) is 0 Å². The minimum atomic E-state index is 0.563. The summed E-state index contributed by atoms with van der Waals surface area (Å²) in [5.41, 5.74) is 2.85. The highest BCUT2D eigenvalue weighted by Crippen LogP contribution is 2.60. The van der Waals surface area contributed by atoms with Crippen LogP contribution in [0.5, 0.6) is 0 Å². The zero-order valence-electron chi connectivity index (χ0n) is 9.32. The lowest BCUT2D eigenvalue weighted by Gasteiger charge is -2.45. The normalized spacial score (nSPS) is 37.9. The van der Waals surface area contributed by atoms with E-state index in [1.807, 2.05) is 0 Å². The first-order chi connectivity index (χ1) is 6.08. The Morgan fingerprint density at radius 1 is 1.08 bits per heavy atom. The maximum Gasteiger partial charge on any atom is -0.00396 e. The van der Waals surface area contributed by atoms with Gasteiger partial charge in [-0.05, 0) is 49.9 Å². The average molecular weight is 178 g/mol. The summed E-state index contributed by atoms with van der Waals surface area (Å²) in [5, 5.41) is 0. The van der Waals surface area contributed by atoms with Crippen molar-refractivity contribution >= 4 is 0 Å². The molecule has 2 aliphatic rings. The number of rotatable bonds is 0. The highest BCUT2D eigenvalue weighted by atomic mass is 14.5. The van der Waals surface area contributed by atoms with E-state index in [1.54, 1.807) is 5.57 Å². The van der Waals surface area contributed by atoms with Gasteiger partial charge in [-0.2, -0.15) is 0 Å². The molecule has 1 unspecified atom stereocenters. The Hall–Kier alpha value is -0.260. The predicted octanol–water partition coefficient (Wildman–Crippen LogP) is 4.31. The molecule has 0 bridgehead atoms. The van der Waals surface area contributed by atoms with Crippen molar-refractivity contribution in [3.05, 3.63) is 11.6 Å². The van der Waals surface area contributed by atoms with Crippen LogP contribution >= 0.6 is 0 Å². The van der Waals surface area contributed by atoms with E-state index in [-0.39, 0.29) is 0 Å². The van der Waals surface area contributed by atoms with E-state index >= 15 is 0 Å². The molecule has 0 aromatic carbocycles. The molecule has 0 aromatic rings. The van der Waals surface area contributed by atoms with E-state index < -0.39 is 0 Å². The molecule has 1 spiro atoms. The molecule has 1 fully saturated rings. The summed E-state index contributed by atoms with van der Waals surface area (Å²) in [6, 6.07) is 0. The van der Waals surface area contributed by atoms with Gasteiger partial charge in [0.25, 0.3) is 0 Å². The van der Waals surface area contributed by atoms with Crippen LogP contribution < -0.4 is 0 Å². The van der Waals surface area contributed by atoms with Gasteiger partial charge in [-0.25, -0.2) is 0 Å². The first-order valence-corrected chi connectivity index (χ1v) is 5.76. The van der Waals surface area contributed by atoms with Crippen LogP contribution in [0.1, 0.15) is 59.3 Å². The Morgan fingerprint density at radius 2 is 1.77 bits per heavy atom. The summed E-state index contributed by atoms with van der Waals surface area (Å²) >= 11 is 0. The molecule has 0 N–H and O–H groups in total. The van der Waals surface area contributed by atoms with E-state index in [4.69, 9.17) is 0 Å². The van der Waals surface area contributed by atoms with E-state index in [0.29, 0.717) is 10.8 Å². The van der Waals surface area contributed by atoms with Crippen LogP contribution in [0, 0.1) is 10.8 Å². The highest BCUT2D eigenvalue weighted by molar-refractivity contribution is 5.21. The van der Waals surface area contributed by atoms with Gasteiger partial charge in [-0.15, -0.1) is 0 Å². The van der Waals surface area contributed by atoms with Crippen molar-refractivity contribution in [3.63, 3.8) is 0 Å². The average Bonchev–Trinajstić information content (AvgIpc) is 2.35. The molecule has 0 heterocycles. The van der Waals surface area contributed by atoms with E-state index in [0.717, 1.165) is 0 Å². The number of hydrogen-bond donors (Lipinski definition) is 0. The smallest absolute Gasteiger partial charge is 0.00396 e. The SMILES string of the molecule is CC1=CCCCC12CCCC2(C)C. The number of hydrogen-bond acceptors (Lipinski definition) is 0. The fourth-order valence-electron chi connectivity index (χ4n) is 3.72. The van der Waals surface area contributed by atoms with Gasteiger partial charge in [-0.1, -0.05) is 31.9 Å². The molecular weight excluding hydrogens is 156 g/mol. The molecule has 1 atom stereocenters. The minimum Gasteiger partial charge on any atom is -0.0850 e. The topological polar surface area (TPSA) is 0 Å². The van der Waals surface area contributed by atoms with Crippen LogP contribution in [-0.4, -0.2) is 0 Å². The molecule has 2 aliphatic carbocycles. The molecule has 0 radical (unpaired) electrons. The molecule has 0 amide bonds. The highest BCUT2D eigenvalue weighted by Gasteiger charge is 2.49. The molecule has 0 heteroatoms. The Kier molecular flexibility index (Phi) is 2.05. The molecule has 1 saturated carbocycles. The summed E-state index contributed by atoms with van der Waals surface area (Å²) < 4.78 is 0.